The number of carbonyl (C=O) groups excluding carboxylic acids is 2. The molecule has 2 aromatic carbocycles. The number of benzene rings is 2. The standard InChI is InChI=1S/C20H24ClN3O2/c1-4-24(15(3)25)14(2)17-7-11-19(12-8-17)23-20(26)22-13-16-5-9-18(21)10-6-16/h5-12,14H,4,13H2,1-3H3,(H2,22,23,26). The summed E-state index contributed by atoms with van der Waals surface area (Å²) >= 11 is 5.84. The Morgan fingerprint density at radius 2 is 1.69 bits per heavy atom. The fourth-order valence-corrected chi connectivity index (χ4v) is 2.88. The molecule has 26 heavy (non-hydrogen) atoms. The topological polar surface area (TPSA) is 61.4 Å². The van der Waals surface area contributed by atoms with E-state index in [1.807, 2.05) is 50.2 Å². The van der Waals surface area contributed by atoms with Crippen LogP contribution in [0.15, 0.2) is 48.5 Å². The predicted molar refractivity (Wildman–Crippen MR) is 105 cm³/mol. The van der Waals surface area contributed by atoms with E-state index in [1.165, 1.54) is 0 Å². The van der Waals surface area contributed by atoms with Gasteiger partial charge in [-0.3, -0.25) is 4.79 Å². The predicted octanol–water partition coefficient (Wildman–Crippen LogP) is 4.59. The van der Waals surface area contributed by atoms with E-state index in [0.29, 0.717) is 23.8 Å². The van der Waals surface area contributed by atoms with Gasteiger partial charge in [-0.2, -0.15) is 0 Å². The molecule has 0 bridgehead atoms. The van der Waals surface area contributed by atoms with Crippen LogP contribution in [0.4, 0.5) is 10.5 Å². The van der Waals surface area contributed by atoms with Crippen LogP contribution in [0.25, 0.3) is 0 Å². The number of amides is 3. The van der Waals surface area contributed by atoms with Crippen LogP contribution in [-0.4, -0.2) is 23.4 Å². The monoisotopic (exact) mass is 373 g/mol. The molecule has 2 N–H and O–H groups in total. The second kappa shape index (κ2) is 9.25. The molecule has 0 radical (unpaired) electrons. The normalized spacial score (nSPS) is 11.5. The van der Waals surface area contributed by atoms with Gasteiger partial charge in [-0.1, -0.05) is 35.9 Å². The lowest BCUT2D eigenvalue weighted by atomic mass is 10.1. The van der Waals surface area contributed by atoms with Crippen LogP contribution in [0.3, 0.4) is 0 Å². The van der Waals surface area contributed by atoms with Crippen molar-refractivity contribution in [3.63, 3.8) is 0 Å². The summed E-state index contributed by atoms with van der Waals surface area (Å²) in [6, 6.07) is 14.5. The zero-order chi connectivity index (χ0) is 19.1. The first-order valence-corrected chi connectivity index (χ1v) is 8.95. The van der Waals surface area contributed by atoms with E-state index in [1.54, 1.807) is 24.0 Å². The van der Waals surface area contributed by atoms with Gasteiger partial charge in [-0.25, -0.2) is 4.79 Å². The molecule has 2 rings (SSSR count). The number of urea groups is 1. The van der Waals surface area contributed by atoms with E-state index in [4.69, 9.17) is 11.6 Å². The van der Waals surface area contributed by atoms with Gasteiger partial charge in [0.2, 0.25) is 5.91 Å². The maximum atomic E-state index is 12.0. The molecule has 0 aliphatic carbocycles. The Morgan fingerprint density at radius 3 is 2.23 bits per heavy atom. The Bertz CT molecular complexity index is 745. The van der Waals surface area contributed by atoms with Gasteiger partial charge in [0.25, 0.3) is 0 Å². The van der Waals surface area contributed by atoms with Crippen LogP contribution in [0.1, 0.15) is 37.9 Å². The number of nitrogens with zero attached hydrogens (tertiary/aromatic N) is 1. The summed E-state index contributed by atoms with van der Waals surface area (Å²) < 4.78 is 0. The highest BCUT2D eigenvalue weighted by atomic mass is 35.5. The van der Waals surface area contributed by atoms with Gasteiger partial charge in [0.15, 0.2) is 0 Å². The molecule has 5 nitrogen and oxygen atoms in total. The minimum atomic E-state index is -0.278. The molecular formula is C20H24ClN3O2. The lowest BCUT2D eigenvalue weighted by Crippen LogP contribution is -2.31. The van der Waals surface area contributed by atoms with Crippen molar-refractivity contribution in [3.8, 4) is 0 Å². The van der Waals surface area contributed by atoms with E-state index in [9.17, 15) is 9.59 Å². The molecule has 138 valence electrons. The van der Waals surface area contributed by atoms with Crippen LogP contribution in [0.2, 0.25) is 5.02 Å². The van der Waals surface area contributed by atoms with Crippen molar-refractivity contribution >= 4 is 29.2 Å². The summed E-state index contributed by atoms with van der Waals surface area (Å²) in [4.78, 5) is 25.5. The average Bonchev–Trinajstić information content (AvgIpc) is 2.62. The number of rotatable bonds is 6. The Hall–Kier alpha value is -2.53. The van der Waals surface area contributed by atoms with Crippen molar-refractivity contribution < 1.29 is 9.59 Å². The molecule has 0 heterocycles. The largest absolute Gasteiger partial charge is 0.336 e. The molecule has 0 aromatic heterocycles. The number of hydrogen-bond donors (Lipinski definition) is 2. The highest BCUT2D eigenvalue weighted by Gasteiger charge is 2.16. The van der Waals surface area contributed by atoms with E-state index in [-0.39, 0.29) is 18.0 Å². The van der Waals surface area contributed by atoms with Crippen molar-refractivity contribution in [3.05, 3.63) is 64.7 Å². The molecule has 0 aliphatic rings. The Morgan fingerprint density at radius 1 is 1.08 bits per heavy atom. The summed E-state index contributed by atoms with van der Waals surface area (Å²) in [7, 11) is 0. The van der Waals surface area contributed by atoms with E-state index < -0.39 is 0 Å². The van der Waals surface area contributed by atoms with Gasteiger partial charge < -0.3 is 15.5 Å². The minimum absolute atomic E-state index is 0.00900. The fraction of sp³-hybridized carbons (Fsp3) is 0.300. The summed E-state index contributed by atoms with van der Waals surface area (Å²) in [5.74, 6) is 0.0452. The third-order valence-electron chi connectivity index (χ3n) is 4.23. The first-order chi connectivity index (χ1) is 12.4. The summed E-state index contributed by atoms with van der Waals surface area (Å²) in [6.07, 6.45) is 0. The fourth-order valence-electron chi connectivity index (χ4n) is 2.75. The van der Waals surface area contributed by atoms with Crippen molar-refractivity contribution in [2.75, 3.05) is 11.9 Å². The molecule has 1 unspecified atom stereocenters. The van der Waals surface area contributed by atoms with E-state index >= 15 is 0 Å². The molecule has 0 aliphatic heterocycles. The highest BCUT2D eigenvalue weighted by molar-refractivity contribution is 6.30. The second-order valence-electron chi connectivity index (χ2n) is 6.04. The van der Waals surface area contributed by atoms with Gasteiger partial charge in [-0.05, 0) is 49.2 Å². The van der Waals surface area contributed by atoms with Crippen LogP contribution in [0, 0.1) is 0 Å². The van der Waals surface area contributed by atoms with E-state index in [2.05, 4.69) is 10.6 Å². The molecule has 0 spiro atoms. The lowest BCUT2D eigenvalue weighted by Gasteiger charge is -2.27. The molecule has 0 saturated carbocycles. The average molecular weight is 374 g/mol. The van der Waals surface area contributed by atoms with Crippen molar-refractivity contribution in [1.82, 2.24) is 10.2 Å². The first kappa shape index (κ1) is 19.8. The zero-order valence-corrected chi connectivity index (χ0v) is 16.0. The summed E-state index contributed by atoms with van der Waals surface area (Å²) in [5, 5.41) is 6.27. The lowest BCUT2D eigenvalue weighted by molar-refractivity contribution is -0.130. The van der Waals surface area contributed by atoms with Crippen LogP contribution < -0.4 is 10.6 Å². The van der Waals surface area contributed by atoms with Crippen LogP contribution in [0.5, 0.6) is 0 Å². The SMILES string of the molecule is CCN(C(C)=O)C(C)c1ccc(NC(=O)NCc2ccc(Cl)cc2)cc1. The first-order valence-electron chi connectivity index (χ1n) is 8.57. The Balaban J connectivity index is 1.90. The Kier molecular flexibility index (Phi) is 7.04. The highest BCUT2D eigenvalue weighted by Crippen LogP contribution is 2.22. The molecule has 0 fully saturated rings. The molecule has 1 atom stereocenters. The van der Waals surface area contributed by atoms with Crippen LogP contribution in [-0.2, 0) is 11.3 Å². The maximum Gasteiger partial charge on any atom is 0.319 e. The summed E-state index contributed by atoms with van der Waals surface area (Å²) in [5.41, 5.74) is 2.69. The summed E-state index contributed by atoms with van der Waals surface area (Å²) in [6.45, 7) is 6.59. The second-order valence-corrected chi connectivity index (χ2v) is 6.47. The molecule has 6 heteroatoms. The number of hydrogen-bond acceptors (Lipinski definition) is 2. The van der Waals surface area contributed by atoms with Crippen molar-refractivity contribution in [2.45, 2.75) is 33.4 Å². The molecule has 0 saturated heterocycles. The third-order valence-corrected chi connectivity index (χ3v) is 4.48. The number of halogens is 1. The van der Waals surface area contributed by atoms with Crippen LogP contribution >= 0.6 is 11.6 Å². The van der Waals surface area contributed by atoms with Gasteiger partial charge in [0, 0.05) is 30.7 Å². The van der Waals surface area contributed by atoms with Gasteiger partial charge in [-0.15, -0.1) is 0 Å². The number of carbonyl (C=O) groups is 2. The minimum Gasteiger partial charge on any atom is -0.336 e. The quantitative estimate of drug-likeness (QED) is 0.777. The third kappa shape index (κ3) is 5.49. The van der Waals surface area contributed by atoms with Crippen molar-refractivity contribution in [1.29, 1.82) is 0 Å². The van der Waals surface area contributed by atoms with E-state index in [0.717, 1.165) is 11.1 Å². The Labute approximate surface area is 159 Å². The zero-order valence-electron chi connectivity index (χ0n) is 15.3. The van der Waals surface area contributed by atoms with Crippen molar-refractivity contribution in [2.24, 2.45) is 0 Å². The van der Waals surface area contributed by atoms with Gasteiger partial charge in [0.1, 0.15) is 0 Å². The molecule has 2 aromatic rings. The smallest absolute Gasteiger partial charge is 0.319 e. The maximum absolute atomic E-state index is 12.0. The number of anilines is 1. The molecular weight excluding hydrogens is 350 g/mol. The van der Waals surface area contributed by atoms with Gasteiger partial charge in [0.05, 0.1) is 6.04 Å². The molecule has 3 amide bonds. The van der Waals surface area contributed by atoms with Gasteiger partial charge >= 0.3 is 6.03 Å². The number of nitrogens with one attached hydrogen (secondary N) is 2.